The van der Waals surface area contributed by atoms with E-state index in [1.807, 2.05) is 42.5 Å². The van der Waals surface area contributed by atoms with Gasteiger partial charge in [-0.25, -0.2) is 0 Å². The van der Waals surface area contributed by atoms with Crippen molar-refractivity contribution in [1.82, 2.24) is 0 Å². The fraction of sp³-hybridized carbons (Fsp3) is 0.188. The molecule has 0 atom stereocenters. The van der Waals surface area contributed by atoms with Crippen LogP contribution in [-0.2, 0) is 11.2 Å². The summed E-state index contributed by atoms with van der Waals surface area (Å²) in [4.78, 5) is 11.7. The van der Waals surface area contributed by atoms with Crippen molar-refractivity contribution in [3.63, 3.8) is 0 Å². The summed E-state index contributed by atoms with van der Waals surface area (Å²) in [7, 11) is 0. The van der Waals surface area contributed by atoms with Crippen LogP contribution in [-0.4, -0.2) is 24.2 Å². The van der Waals surface area contributed by atoms with Crippen molar-refractivity contribution in [2.75, 3.05) is 18.5 Å². The maximum absolute atomic E-state index is 11.7. The highest BCUT2D eigenvalue weighted by molar-refractivity contribution is 5.91. The number of nitrogens with one attached hydrogen (secondary N) is 1. The van der Waals surface area contributed by atoms with Crippen molar-refractivity contribution in [3.8, 4) is 5.75 Å². The van der Waals surface area contributed by atoms with E-state index in [2.05, 4.69) is 5.32 Å². The molecule has 2 aromatic carbocycles. The van der Waals surface area contributed by atoms with Crippen LogP contribution >= 0.6 is 0 Å². The summed E-state index contributed by atoms with van der Waals surface area (Å²) in [6.45, 7) is 0.0963. The number of hydrogen-bond donors (Lipinski definition) is 2. The van der Waals surface area contributed by atoms with E-state index >= 15 is 0 Å². The maximum Gasteiger partial charge on any atom is 0.262 e. The van der Waals surface area contributed by atoms with Gasteiger partial charge in [0.05, 0.1) is 0 Å². The van der Waals surface area contributed by atoms with Crippen LogP contribution in [0, 0.1) is 0 Å². The van der Waals surface area contributed by atoms with Gasteiger partial charge in [0.2, 0.25) is 0 Å². The molecule has 104 valence electrons. The zero-order chi connectivity index (χ0) is 14.2. The van der Waals surface area contributed by atoms with E-state index in [0.29, 0.717) is 17.9 Å². The zero-order valence-electron chi connectivity index (χ0n) is 11.1. The van der Waals surface area contributed by atoms with Crippen LogP contribution in [0.4, 0.5) is 5.69 Å². The van der Waals surface area contributed by atoms with Crippen LogP contribution < -0.4 is 10.1 Å². The summed E-state index contributed by atoms with van der Waals surface area (Å²) in [5.74, 6) is 0.463. The number of carbonyl (C=O) groups is 1. The van der Waals surface area contributed by atoms with E-state index in [4.69, 9.17) is 9.84 Å². The summed E-state index contributed by atoms with van der Waals surface area (Å²) in [6, 6.07) is 16.6. The molecule has 0 fully saturated rings. The normalized spacial score (nSPS) is 10.1. The molecular weight excluding hydrogens is 254 g/mol. The van der Waals surface area contributed by atoms with Crippen LogP contribution in [0.1, 0.15) is 5.56 Å². The van der Waals surface area contributed by atoms with Crippen molar-refractivity contribution in [2.45, 2.75) is 6.42 Å². The fourth-order valence-electron chi connectivity index (χ4n) is 1.75. The average molecular weight is 271 g/mol. The maximum atomic E-state index is 11.7. The number of rotatable bonds is 6. The topological polar surface area (TPSA) is 58.6 Å². The molecule has 2 aromatic rings. The lowest BCUT2D eigenvalue weighted by atomic mass is 10.1. The van der Waals surface area contributed by atoms with Gasteiger partial charge in [0.1, 0.15) is 5.75 Å². The summed E-state index contributed by atoms with van der Waals surface area (Å²) in [6.07, 6.45) is 0.616. The predicted molar refractivity (Wildman–Crippen MR) is 77.8 cm³/mol. The van der Waals surface area contributed by atoms with Crippen LogP contribution in [0.3, 0.4) is 0 Å². The lowest BCUT2D eigenvalue weighted by Gasteiger charge is -2.08. The second-order valence-corrected chi connectivity index (χ2v) is 4.32. The largest absolute Gasteiger partial charge is 0.484 e. The van der Waals surface area contributed by atoms with E-state index < -0.39 is 0 Å². The van der Waals surface area contributed by atoms with Gasteiger partial charge in [-0.3, -0.25) is 4.79 Å². The molecule has 4 nitrogen and oxygen atoms in total. The predicted octanol–water partition coefficient (Wildman–Crippen LogP) is 2.24. The Labute approximate surface area is 118 Å². The fourth-order valence-corrected chi connectivity index (χ4v) is 1.75. The summed E-state index contributed by atoms with van der Waals surface area (Å²) < 4.78 is 5.36. The first-order valence-corrected chi connectivity index (χ1v) is 6.45. The highest BCUT2D eigenvalue weighted by Gasteiger charge is 2.03. The molecule has 0 heterocycles. The van der Waals surface area contributed by atoms with E-state index in [1.165, 1.54) is 0 Å². The van der Waals surface area contributed by atoms with Gasteiger partial charge in [-0.15, -0.1) is 0 Å². The molecule has 0 bridgehead atoms. The van der Waals surface area contributed by atoms with Gasteiger partial charge in [-0.2, -0.15) is 0 Å². The summed E-state index contributed by atoms with van der Waals surface area (Å²) >= 11 is 0. The third kappa shape index (κ3) is 4.40. The Bertz CT molecular complexity index is 537. The van der Waals surface area contributed by atoms with Gasteiger partial charge in [0, 0.05) is 12.3 Å². The Morgan fingerprint density at radius 3 is 2.40 bits per heavy atom. The van der Waals surface area contributed by atoms with Crippen LogP contribution in [0.25, 0.3) is 0 Å². The minimum atomic E-state index is -0.205. The molecule has 0 aliphatic heterocycles. The van der Waals surface area contributed by atoms with Gasteiger partial charge < -0.3 is 15.2 Å². The molecule has 0 saturated heterocycles. The molecule has 0 aromatic heterocycles. The van der Waals surface area contributed by atoms with Crippen LogP contribution in [0.5, 0.6) is 5.75 Å². The van der Waals surface area contributed by atoms with Crippen LogP contribution in [0.15, 0.2) is 54.6 Å². The van der Waals surface area contributed by atoms with Crippen molar-refractivity contribution >= 4 is 11.6 Å². The number of hydrogen-bond acceptors (Lipinski definition) is 3. The number of benzene rings is 2. The Kier molecular flexibility index (Phi) is 5.15. The Morgan fingerprint density at radius 1 is 1.05 bits per heavy atom. The van der Waals surface area contributed by atoms with Gasteiger partial charge in [0.25, 0.3) is 5.91 Å². The van der Waals surface area contributed by atoms with Gasteiger partial charge in [0.15, 0.2) is 6.61 Å². The molecule has 2 N–H and O–H groups in total. The first kappa shape index (κ1) is 14.1. The quantitative estimate of drug-likeness (QED) is 0.847. The number of carbonyl (C=O) groups excluding carboxylic acids is 1. The Balaban J connectivity index is 1.82. The van der Waals surface area contributed by atoms with Gasteiger partial charge >= 0.3 is 0 Å². The summed E-state index contributed by atoms with van der Waals surface area (Å²) in [5, 5.41) is 11.6. The molecule has 0 saturated carbocycles. The molecule has 2 rings (SSSR count). The van der Waals surface area contributed by atoms with Gasteiger partial charge in [-0.1, -0.05) is 30.3 Å². The molecule has 0 spiro atoms. The summed E-state index contributed by atoms with van der Waals surface area (Å²) in [5.41, 5.74) is 1.75. The number of aliphatic hydroxyl groups excluding tert-OH is 1. The molecule has 0 radical (unpaired) electrons. The number of anilines is 1. The molecule has 0 aliphatic carbocycles. The Hall–Kier alpha value is -2.33. The van der Waals surface area contributed by atoms with Gasteiger partial charge in [-0.05, 0) is 36.2 Å². The van der Waals surface area contributed by atoms with Crippen molar-refractivity contribution in [3.05, 3.63) is 60.2 Å². The van der Waals surface area contributed by atoms with E-state index in [0.717, 1.165) is 5.56 Å². The first-order valence-electron chi connectivity index (χ1n) is 6.45. The average Bonchev–Trinajstić information content (AvgIpc) is 2.49. The standard InChI is InChI=1S/C16H17NO3/c18-11-10-13-6-8-14(9-7-13)17-16(19)12-20-15-4-2-1-3-5-15/h1-9,18H,10-12H2,(H,17,19). The highest BCUT2D eigenvalue weighted by atomic mass is 16.5. The van der Waals surface area contributed by atoms with E-state index in [-0.39, 0.29) is 19.1 Å². The highest BCUT2D eigenvalue weighted by Crippen LogP contribution is 2.11. The molecular formula is C16H17NO3. The minimum absolute atomic E-state index is 0.0254. The molecule has 4 heteroatoms. The number of para-hydroxylation sites is 1. The lowest BCUT2D eigenvalue weighted by molar-refractivity contribution is -0.118. The number of amides is 1. The monoisotopic (exact) mass is 271 g/mol. The lowest BCUT2D eigenvalue weighted by Crippen LogP contribution is -2.20. The third-order valence-electron chi connectivity index (χ3n) is 2.75. The van der Waals surface area contributed by atoms with Crippen molar-refractivity contribution in [1.29, 1.82) is 0 Å². The van der Waals surface area contributed by atoms with Crippen LogP contribution in [0.2, 0.25) is 0 Å². The SMILES string of the molecule is O=C(COc1ccccc1)Nc1ccc(CCO)cc1. The number of aliphatic hydroxyl groups is 1. The molecule has 20 heavy (non-hydrogen) atoms. The second-order valence-electron chi connectivity index (χ2n) is 4.32. The first-order chi connectivity index (χ1) is 9.78. The molecule has 0 aliphatic rings. The number of ether oxygens (including phenoxy) is 1. The Morgan fingerprint density at radius 2 is 1.75 bits per heavy atom. The second kappa shape index (κ2) is 7.31. The smallest absolute Gasteiger partial charge is 0.262 e. The third-order valence-corrected chi connectivity index (χ3v) is 2.75. The van der Waals surface area contributed by atoms with E-state index in [1.54, 1.807) is 12.1 Å². The van der Waals surface area contributed by atoms with Crippen molar-refractivity contribution in [2.24, 2.45) is 0 Å². The minimum Gasteiger partial charge on any atom is -0.484 e. The van der Waals surface area contributed by atoms with Crippen molar-refractivity contribution < 1.29 is 14.6 Å². The zero-order valence-corrected chi connectivity index (χ0v) is 11.1. The van der Waals surface area contributed by atoms with E-state index in [9.17, 15) is 4.79 Å². The molecule has 1 amide bonds. The molecule has 0 unspecified atom stereocenters.